The second-order valence-electron chi connectivity index (χ2n) is 6.19. The van der Waals surface area contributed by atoms with Crippen LogP contribution in [-0.4, -0.2) is 52.4 Å². The Labute approximate surface area is 178 Å². The molecule has 4 rings (SSSR count). The first-order chi connectivity index (χ1) is 15.1. The highest BCUT2D eigenvalue weighted by molar-refractivity contribution is 5.95. The van der Waals surface area contributed by atoms with Crippen LogP contribution in [0.3, 0.4) is 0 Å². The van der Waals surface area contributed by atoms with Crippen molar-refractivity contribution in [1.29, 1.82) is 0 Å². The average Bonchev–Trinajstić information content (AvgIpc) is 3.29. The van der Waals surface area contributed by atoms with E-state index in [1.54, 1.807) is 26.6 Å². The molecule has 0 atom stereocenters. The van der Waals surface area contributed by atoms with Gasteiger partial charge in [-0.2, -0.15) is 15.3 Å². The van der Waals surface area contributed by atoms with Gasteiger partial charge in [-0.1, -0.05) is 6.07 Å². The summed E-state index contributed by atoms with van der Waals surface area (Å²) in [5, 5.41) is 20.7. The standard InChI is InChI=1S/C21H20N4O3.CH2O2/c1-4-28-16-7-5-6-15(8-16)25-13-14(11-23-25)18-12-22-24-19-10-21(27-3)20(26-2)9-17(18)19;2-1-3/h5-13H,4H2,1-3H3;1H,(H,2,3). The molecule has 0 aliphatic rings. The number of rotatable bonds is 6. The number of hydrogen-bond donors (Lipinski definition) is 1. The number of carbonyl (C=O) groups is 1. The van der Waals surface area contributed by atoms with Gasteiger partial charge in [0.2, 0.25) is 0 Å². The van der Waals surface area contributed by atoms with Gasteiger partial charge in [0.1, 0.15) is 5.75 Å². The molecule has 0 unspecified atom stereocenters. The van der Waals surface area contributed by atoms with Gasteiger partial charge in [0.05, 0.1) is 44.4 Å². The summed E-state index contributed by atoms with van der Waals surface area (Å²) < 4.78 is 18.2. The molecule has 0 bridgehead atoms. The van der Waals surface area contributed by atoms with Gasteiger partial charge in [-0.3, -0.25) is 4.79 Å². The molecule has 4 aromatic rings. The third-order valence-electron chi connectivity index (χ3n) is 4.43. The highest BCUT2D eigenvalue weighted by Crippen LogP contribution is 2.35. The van der Waals surface area contributed by atoms with Crippen molar-refractivity contribution >= 4 is 17.4 Å². The zero-order valence-corrected chi connectivity index (χ0v) is 17.3. The molecule has 2 heterocycles. The van der Waals surface area contributed by atoms with Crippen LogP contribution >= 0.6 is 0 Å². The molecule has 0 fully saturated rings. The van der Waals surface area contributed by atoms with Crippen molar-refractivity contribution < 1.29 is 24.1 Å². The van der Waals surface area contributed by atoms with Crippen molar-refractivity contribution in [2.24, 2.45) is 0 Å². The van der Waals surface area contributed by atoms with Crippen LogP contribution in [0.4, 0.5) is 0 Å². The summed E-state index contributed by atoms with van der Waals surface area (Å²) in [5.41, 5.74) is 3.48. The minimum Gasteiger partial charge on any atom is -0.494 e. The van der Waals surface area contributed by atoms with Crippen LogP contribution in [0.25, 0.3) is 27.7 Å². The molecular formula is C22H22N4O5. The highest BCUT2D eigenvalue weighted by atomic mass is 16.5. The summed E-state index contributed by atoms with van der Waals surface area (Å²) in [6.07, 6.45) is 5.49. The maximum absolute atomic E-state index is 8.36. The van der Waals surface area contributed by atoms with Crippen LogP contribution in [-0.2, 0) is 4.79 Å². The molecule has 9 heteroatoms. The minimum atomic E-state index is -0.250. The maximum atomic E-state index is 8.36. The number of fused-ring (bicyclic) bond motifs is 1. The lowest BCUT2D eigenvalue weighted by atomic mass is 10.1. The maximum Gasteiger partial charge on any atom is 0.290 e. The predicted octanol–water partition coefficient (Wildman–Crippen LogP) is 3.60. The van der Waals surface area contributed by atoms with Crippen LogP contribution < -0.4 is 14.2 Å². The molecular weight excluding hydrogens is 400 g/mol. The van der Waals surface area contributed by atoms with Crippen molar-refractivity contribution in [3.63, 3.8) is 0 Å². The molecule has 9 nitrogen and oxygen atoms in total. The Balaban J connectivity index is 0.000000858. The quantitative estimate of drug-likeness (QED) is 0.470. The van der Waals surface area contributed by atoms with Gasteiger partial charge in [0.25, 0.3) is 6.47 Å². The van der Waals surface area contributed by atoms with E-state index >= 15 is 0 Å². The number of methoxy groups -OCH3 is 2. The Morgan fingerprint density at radius 1 is 1.10 bits per heavy atom. The number of ether oxygens (including phenoxy) is 3. The summed E-state index contributed by atoms with van der Waals surface area (Å²) >= 11 is 0. The van der Waals surface area contributed by atoms with E-state index in [4.69, 9.17) is 24.1 Å². The van der Waals surface area contributed by atoms with Crippen LogP contribution in [0, 0.1) is 0 Å². The monoisotopic (exact) mass is 422 g/mol. The van der Waals surface area contributed by atoms with Crippen molar-refractivity contribution in [3.05, 3.63) is 55.0 Å². The number of carboxylic acid groups (broad SMARTS) is 1. The van der Waals surface area contributed by atoms with Gasteiger partial charge in [0, 0.05) is 34.8 Å². The van der Waals surface area contributed by atoms with Gasteiger partial charge in [-0.25, -0.2) is 4.68 Å². The van der Waals surface area contributed by atoms with Crippen LogP contribution in [0.15, 0.2) is 55.0 Å². The topological polar surface area (TPSA) is 109 Å². The van der Waals surface area contributed by atoms with Crippen molar-refractivity contribution in [3.8, 4) is 34.1 Å². The predicted molar refractivity (Wildman–Crippen MR) is 115 cm³/mol. The van der Waals surface area contributed by atoms with Crippen LogP contribution in [0.2, 0.25) is 0 Å². The largest absolute Gasteiger partial charge is 0.494 e. The summed E-state index contributed by atoms with van der Waals surface area (Å²) in [6, 6.07) is 11.5. The molecule has 160 valence electrons. The van der Waals surface area contributed by atoms with E-state index in [9.17, 15) is 0 Å². The minimum absolute atomic E-state index is 0.250. The van der Waals surface area contributed by atoms with Crippen molar-refractivity contribution in [2.75, 3.05) is 20.8 Å². The number of benzene rings is 2. The van der Waals surface area contributed by atoms with Gasteiger partial charge >= 0.3 is 0 Å². The lowest BCUT2D eigenvalue weighted by Gasteiger charge is -2.10. The van der Waals surface area contributed by atoms with Crippen LogP contribution in [0.1, 0.15) is 6.92 Å². The number of aromatic nitrogens is 4. The molecule has 0 saturated carbocycles. The van der Waals surface area contributed by atoms with Gasteiger partial charge in [0.15, 0.2) is 11.5 Å². The first-order valence-corrected chi connectivity index (χ1v) is 9.38. The van der Waals surface area contributed by atoms with E-state index in [1.807, 2.05) is 54.2 Å². The Morgan fingerprint density at radius 3 is 2.55 bits per heavy atom. The molecule has 0 aliphatic carbocycles. The average molecular weight is 422 g/mol. The number of nitrogens with zero attached hydrogens (tertiary/aromatic N) is 4. The molecule has 2 aromatic carbocycles. The molecule has 0 saturated heterocycles. The van der Waals surface area contributed by atoms with Gasteiger partial charge in [-0.15, -0.1) is 0 Å². The Morgan fingerprint density at radius 2 is 1.84 bits per heavy atom. The smallest absolute Gasteiger partial charge is 0.290 e. The fourth-order valence-corrected chi connectivity index (χ4v) is 3.10. The zero-order valence-electron chi connectivity index (χ0n) is 17.3. The Hall–Kier alpha value is -4.14. The van der Waals surface area contributed by atoms with E-state index in [0.717, 1.165) is 33.5 Å². The molecule has 2 aromatic heterocycles. The first kappa shape index (κ1) is 21.6. The van der Waals surface area contributed by atoms with E-state index in [0.29, 0.717) is 18.1 Å². The highest BCUT2D eigenvalue weighted by Gasteiger charge is 2.13. The summed E-state index contributed by atoms with van der Waals surface area (Å²) in [6.45, 7) is 2.33. The van der Waals surface area contributed by atoms with Crippen LogP contribution in [0.5, 0.6) is 17.2 Å². The molecule has 0 radical (unpaired) electrons. The van der Waals surface area contributed by atoms with Gasteiger partial charge < -0.3 is 19.3 Å². The summed E-state index contributed by atoms with van der Waals surface area (Å²) in [5.74, 6) is 2.07. The van der Waals surface area contributed by atoms with E-state index < -0.39 is 0 Å². The lowest BCUT2D eigenvalue weighted by molar-refractivity contribution is -0.122. The normalized spacial score (nSPS) is 10.2. The lowest BCUT2D eigenvalue weighted by Crippen LogP contribution is -1.96. The zero-order chi connectivity index (χ0) is 22.2. The fourth-order valence-electron chi connectivity index (χ4n) is 3.10. The molecule has 0 aliphatic heterocycles. The molecule has 0 amide bonds. The van der Waals surface area contributed by atoms with Gasteiger partial charge in [-0.05, 0) is 25.1 Å². The number of hydrogen-bond acceptors (Lipinski definition) is 7. The fraction of sp³-hybridized carbons (Fsp3) is 0.182. The molecule has 31 heavy (non-hydrogen) atoms. The second kappa shape index (κ2) is 10.1. The molecule has 1 N–H and O–H groups in total. The summed E-state index contributed by atoms with van der Waals surface area (Å²) in [7, 11) is 3.21. The second-order valence-corrected chi connectivity index (χ2v) is 6.19. The van der Waals surface area contributed by atoms with E-state index in [2.05, 4.69) is 15.3 Å². The first-order valence-electron chi connectivity index (χ1n) is 9.38. The van der Waals surface area contributed by atoms with E-state index in [-0.39, 0.29) is 6.47 Å². The Bertz CT molecular complexity index is 1180. The third kappa shape index (κ3) is 4.72. The molecule has 0 spiro atoms. The Kier molecular flexibility index (Phi) is 7.00. The SMILES string of the molecule is CCOc1cccc(-n2cc(-c3cnnc4cc(OC)c(OC)cc34)cn2)c1.O=CO. The summed E-state index contributed by atoms with van der Waals surface area (Å²) in [4.78, 5) is 8.36. The van der Waals surface area contributed by atoms with Crippen molar-refractivity contribution in [1.82, 2.24) is 20.0 Å². The van der Waals surface area contributed by atoms with E-state index in [1.165, 1.54) is 0 Å². The van der Waals surface area contributed by atoms with Crippen molar-refractivity contribution in [2.45, 2.75) is 6.92 Å². The third-order valence-corrected chi connectivity index (χ3v) is 4.43.